The van der Waals surface area contributed by atoms with Gasteiger partial charge in [-0.3, -0.25) is 0 Å². The highest BCUT2D eigenvalue weighted by molar-refractivity contribution is 9.10. The van der Waals surface area contributed by atoms with Gasteiger partial charge in [0, 0.05) is 17.5 Å². The van der Waals surface area contributed by atoms with Crippen LogP contribution in [0.3, 0.4) is 0 Å². The summed E-state index contributed by atoms with van der Waals surface area (Å²) < 4.78 is 18.7. The molecule has 0 unspecified atom stereocenters. The van der Waals surface area contributed by atoms with Crippen molar-refractivity contribution in [1.29, 1.82) is 0 Å². The van der Waals surface area contributed by atoms with E-state index in [1.165, 1.54) is 10.4 Å². The maximum Gasteiger partial charge on any atom is 0.214 e. The molecule has 2 aliphatic heterocycles. The van der Waals surface area contributed by atoms with E-state index in [9.17, 15) is 0 Å². The molecule has 30 heavy (non-hydrogen) atoms. The zero-order valence-corrected chi connectivity index (χ0v) is 19.1. The summed E-state index contributed by atoms with van der Waals surface area (Å²) in [5.74, 6) is 2.26. The summed E-state index contributed by atoms with van der Waals surface area (Å²) in [5.41, 5.74) is 3.22. The van der Waals surface area contributed by atoms with Crippen LogP contribution >= 0.6 is 27.3 Å². The highest BCUT2D eigenvalue weighted by atomic mass is 79.9. The summed E-state index contributed by atoms with van der Waals surface area (Å²) in [6.07, 6.45) is 0.496. The van der Waals surface area contributed by atoms with Crippen molar-refractivity contribution in [3.8, 4) is 17.2 Å². The molecule has 2 aromatic carbocycles. The molecule has 0 saturated heterocycles. The van der Waals surface area contributed by atoms with Gasteiger partial charge >= 0.3 is 0 Å². The molecule has 0 fully saturated rings. The maximum absolute atomic E-state index is 6.46. The predicted octanol–water partition coefficient (Wildman–Crippen LogP) is 6.16. The Morgan fingerprint density at radius 1 is 1.23 bits per heavy atom. The van der Waals surface area contributed by atoms with Crippen molar-refractivity contribution < 1.29 is 14.2 Å². The second-order valence-corrected chi connectivity index (χ2v) is 8.90. The van der Waals surface area contributed by atoms with Gasteiger partial charge in [0.2, 0.25) is 6.23 Å². The van der Waals surface area contributed by atoms with Crippen molar-refractivity contribution in [3.63, 3.8) is 0 Å². The minimum Gasteiger partial charge on any atom is -0.493 e. The van der Waals surface area contributed by atoms with Crippen LogP contribution in [0.15, 0.2) is 63.5 Å². The highest BCUT2D eigenvalue weighted by Gasteiger charge is 2.41. The Labute approximate surface area is 188 Å². The molecule has 0 radical (unpaired) electrons. The second-order valence-electron chi connectivity index (χ2n) is 7.10. The van der Waals surface area contributed by atoms with Gasteiger partial charge in [-0.15, -0.1) is 11.3 Å². The summed E-state index contributed by atoms with van der Waals surface area (Å²) >= 11 is 5.36. The first-order chi connectivity index (χ1) is 14.7. The third-order valence-corrected chi connectivity index (χ3v) is 6.84. The molecule has 5 nitrogen and oxygen atoms in total. The molecule has 154 valence electrons. The molecule has 0 spiro atoms. The molecule has 0 aliphatic carbocycles. The molecule has 0 N–H and O–H groups in total. The van der Waals surface area contributed by atoms with E-state index in [4.69, 9.17) is 19.3 Å². The summed E-state index contributed by atoms with van der Waals surface area (Å²) in [6.45, 7) is 2.51. The van der Waals surface area contributed by atoms with Crippen molar-refractivity contribution in [2.45, 2.75) is 25.6 Å². The Balaban J connectivity index is 1.60. The molecule has 1 aromatic heterocycles. The second kappa shape index (κ2) is 7.96. The van der Waals surface area contributed by atoms with Crippen molar-refractivity contribution in [2.24, 2.45) is 5.10 Å². The Kier molecular flexibility index (Phi) is 5.16. The summed E-state index contributed by atoms with van der Waals surface area (Å²) in [4.78, 5) is 1.20. The van der Waals surface area contributed by atoms with Gasteiger partial charge in [-0.05, 0) is 52.5 Å². The standard InChI is InChI=1S/C23H21BrN2O3S/c1-3-28-22-16(24)11-14(12-20(22)27-2)23-26-18(15-7-4-5-8-19(15)29-23)13-17(25-26)21-9-6-10-30-21/h4-12,18,23H,3,13H2,1-2H3/t18-,23+/m0/s1. The van der Waals surface area contributed by atoms with Crippen LogP contribution in [0, 0.1) is 0 Å². The van der Waals surface area contributed by atoms with Gasteiger partial charge < -0.3 is 14.2 Å². The van der Waals surface area contributed by atoms with Crippen molar-refractivity contribution >= 4 is 33.0 Å². The van der Waals surface area contributed by atoms with E-state index in [1.807, 2.05) is 31.2 Å². The normalized spacial score (nSPS) is 19.6. The van der Waals surface area contributed by atoms with Gasteiger partial charge in [-0.1, -0.05) is 24.3 Å². The first-order valence-corrected chi connectivity index (χ1v) is 11.5. The van der Waals surface area contributed by atoms with Gasteiger partial charge in [0.1, 0.15) is 5.75 Å². The average molecular weight is 485 g/mol. The van der Waals surface area contributed by atoms with Gasteiger partial charge in [0.25, 0.3) is 0 Å². The van der Waals surface area contributed by atoms with E-state index in [0.29, 0.717) is 18.1 Å². The van der Waals surface area contributed by atoms with E-state index in [2.05, 4.69) is 50.6 Å². The third-order valence-electron chi connectivity index (χ3n) is 5.33. The van der Waals surface area contributed by atoms with Crippen LogP contribution in [0.1, 0.15) is 41.6 Å². The van der Waals surface area contributed by atoms with E-state index in [1.54, 1.807) is 18.4 Å². The van der Waals surface area contributed by atoms with Crippen LogP contribution in [0.2, 0.25) is 0 Å². The van der Waals surface area contributed by atoms with Crippen LogP contribution in [0.4, 0.5) is 0 Å². The maximum atomic E-state index is 6.46. The number of methoxy groups -OCH3 is 1. The highest BCUT2D eigenvalue weighted by Crippen LogP contribution is 2.49. The Morgan fingerprint density at radius 3 is 2.87 bits per heavy atom. The largest absolute Gasteiger partial charge is 0.493 e. The lowest BCUT2D eigenvalue weighted by Gasteiger charge is -2.38. The fourth-order valence-electron chi connectivity index (χ4n) is 4.01. The van der Waals surface area contributed by atoms with Gasteiger partial charge in [-0.2, -0.15) is 5.10 Å². The van der Waals surface area contributed by atoms with Crippen molar-refractivity contribution in [1.82, 2.24) is 5.01 Å². The molecule has 0 saturated carbocycles. The Bertz CT molecular complexity index is 1100. The first-order valence-electron chi connectivity index (χ1n) is 9.85. The van der Waals surface area contributed by atoms with Crippen LogP contribution < -0.4 is 14.2 Å². The summed E-state index contributed by atoms with van der Waals surface area (Å²) in [7, 11) is 1.65. The number of rotatable bonds is 5. The van der Waals surface area contributed by atoms with Gasteiger partial charge in [-0.25, -0.2) is 5.01 Å². The van der Waals surface area contributed by atoms with Gasteiger partial charge in [0.15, 0.2) is 11.5 Å². The first kappa shape index (κ1) is 19.5. The van der Waals surface area contributed by atoms with Gasteiger partial charge in [0.05, 0.1) is 34.8 Å². The topological polar surface area (TPSA) is 43.3 Å². The number of ether oxygens (including phenoxy) is 3. The van der Waals surface area contributed by atoms with Crippen molar-refractivity contribution in [3.05, 3.63) is 74.4 Å². The molecular formula is C23H21BrN2O3S. The van der Waals surface area contributed by atoms with Crippen LogP contribution in [0.25, 0.3) is 0 Å². The number of benzene rings is 2. The Morgan fingerprint density at radius 2 is 2.10 bits per heavy atom. The molecule has 3 aromatic rings. The summed E-state index contributed by atoms with van der Waals surface area (Å²) in [6, 6.07) is 16.6. The molecule has 3 heterocycles. The fourth-order valence-corrected chi connectivity index (χ4v) is 5.31. The van der Waals surface area contributed by atoms with Crippen LogP contribution in [-0.4, -0.2) is 24.4 Å². The van der Waals surface area contributed by atoms with E-state index in [-0.39, 0.29) is 12.3 Å². The minimum absolute atomic E-state index is 0.133. The molecule has 7 heteroatoms. The molecule has 2 atom stereocenters. The number of hydrazone groups is 1. The minimum atomic E-state index is -0.358. The number of thiophene rings is 1. The fraction of sp³-hybridized carbons (Fsp3) is 0.261. The van der Waals surface area contributed by atoms with E-state index < -0.39 is 0 Å². The molecule has 0 amide bonds. The van der Waals surface area contributed by atoms with Crippen molar-refractivity contribution in [2.75, 3.05) is 13.7 Å². The lowest BCUT2D eigenvalue weighted by molar-refractivity contribution is -0.0192. The number of para-hydroxylation sites is 1. The number of hydrogen-bond donors (Lipinski definition) is 0. The number of halogens is 1. The predicted molar refractivity (Wildman–Crippen MR) is 122 cm³/mol. The van der Waals surface area contributed by atoms with E-state index in [0.717, 1.165) is 27.9 Å². The van der Waals surface area contributed by atoms with E-state index >= 15 is 0 Å². The smallest absolute Gasteiger partial charge is 0.214 e. The lowest BCUT2D eigenvalue weighted by atomic mass is 9.97. The zero-order chi connectivity index (χ0) is 20.7. The quantitative estimate of drug-likeness (QED) is 0.434. The zero-order valence-electron chi connectivity index (χ0n) is 16.7. The molecule has 2 aliphatic rings. The lowest BCUT2D eigenvalue weighted by Crippen LogP contribution is -2.33. The molecular weight excluding hydrogens is 464 g/mol. The average Bonchev–Trinajstić information content (AvgIpc) is 3.44. The third kappa shape index (κ3) is 3.26. The number of nitrogens with zero attached hydrogens (tertiary/aromatic N) is 2. The Hall–Kier alpha value is -2.51. The SMILES string of the molecule is CCOc1c(Br)cc([C@H]2Oc3ccccc3[C@@H]3CC(c4cccs4)=NN23)cc1OC. The van der Waals surface area contributed by atoms with Crippen LogP contribution in [-0.2, 0) is 0 Å². The molecule has 5 rings (SSSR count). The number of fused-ring (bicyclic) bond motifs is 3. The summed E-state index contributed by atoms with van der Waals surface area (Å²) in [5, 5.41) is 9.17. The number of hydrogen-bond acceptors (Lipinski definition) is 6. The molecule has 0 bridgehead atoms. The monoisotopic (exact) mass is 484 g/mol. The van der Waals surface area contributed by atoms with Crippen LogP contribution in [0.5, 0.6) is 17.2 Å².